The Kier molecular flexibility index (Phi) is 22.8. The number of nitrogens with two attached hydrogens (primary N) is 4. The molecule has 1 aliphatic heterocycles. The van der Waals surface area contributed by atoms with Crippen molar-refractivity contribution in [2.24, 2.45) is 22.9 Å². The molecule has 0 saturated heterocycles. The van der Waals surface area contributed by atoms with Gasteiger partial charge in [-0.2, -0.15) is 0 Å². The van der Waals surface area contributed by atoms with Crippen molar-refractivity contribution in [2.45, 2.75) is 62.7 Å². The molecule has 4 amide bonds. The molecule has 0 aliphatic carbocycles. The van der Waals surface area contributed by atoms with Crippen LogP contribution in [0.25, 0.3) is 11.1 Å². The van der Waals surface area contributed by atoms with E-state index in [-0.39, 0.29) is 106 Å². The van der Waals surface area contributed by atoms with Crippen molar-refractivity contribution in [3.63, 3.8) is 0 Å². The van der Waals surface area contributed by atoms with Gasteiger partial charge in [-0.25, -0.2) is 0 Å². The van der Waals surface area contributed by atoms with Gasteiger partial charge in [-0.15, -0.1) is 49.6 Å². The minimum absolute atomic E-state index is 0. The van der Waals surface area contributed by atoms with E-state index in [1.807, 2.05) is 0 Å². The average molecular weight is 759 g/mol. The van der Waals surface area contributed by atoms with E-state index >= 15 is 0 Å². The van der Waals surface area contributed by atoms with Crippen molar-refractivity contribution >= 4 is 73.3 Å². The van der Waals surface area contributed by atoms with Crippen LogP contribution in [0.3, 0.4) is 0 Å². The lowest BCUT2D eigenvalue weighted by atomic mass is 9.95. The van der Waals surface area contributed by atoms with E-state index < -0.39 is 41.8 Å². The summed E-state index contributed by atoms with van der Waals surface area (Å²) >= 11 is 0. The van der Waals surface area contributed by atoms with Crippen molar-refractivity contribution in [1.82, 2.24) is 21.3 Å². The van der Waals surface area contributed by atoms with E-state index in [9.17, 15) is 29.4 Å². The molecule has 0 unspecified atom stereocenters. The largest absolute Gasteiger partial charge is 0.508 e. The number of aromatic hydroxyl groups is 2. The zero-order valence-corrected chi connectivity index (χ0v) is 29.6. The van der Waals surface area contributed by atoms with Gasteiger partial charge in [-0.3, -0.25) is 19.2 Å². The van der Waals surface area contributed by atoms with Crippen molar-refractivity contribution in [1.29, 1.82) is 0 Å². The number of halogens is 4. The molecule has 0 aromatic heterocycles. The molecule has 18 heteroatoms. The lowest BCUT2D eigenvalue weighted by Crippen LogP contribution is -2.57. The summed E-state index contributed by atoms with van der Waals surface area (Å²) in [5, 5.41) is 31.6. The number of rotatable bonds is 11. The van der Waals surface area contributed by atoms with E-state index in [0.29, 0.717) is 41.6 Å². The Morgan fingerprint density at radius 2 is 1.40 bits per heavy atom. The fourth-order valence-corrected chi connectivity index (χ4v) is 4.84. The molecule has 2 aromatic rings. The Bertz CT molecular complexity index is 1340. The number of hydrogen-bond acceptors (Lipinski definition) is 10. The Morgan fingerprint density at radius 1 is 0.833 bits per heavy atom. The summed E-state index contributed by atoms with van der Waals surface area (Å²) in [5.41, 5.74) is 25.4. The summed E-state index contributed by atoms with van der Waals surface area (Å²) in [5.74, 6) is -2.59. The molecule has 0 saturated carbocycles. The number of phenolic OH excluding ortho intramolecular Hbond substituents is 2. The highest BCUT2D eigenvalue weighted by Gasteiger charge is 2.29. The first kappa shape index (κ1) is 47.0. The van der Waals surface area contributed by atoms with E-state index in [1.54, 1.807) is 24.3 Å². The molecular formula is C30H48Cl4N8O6. The van der Waals surface area contributed by atoms with Gasteiger partial charge in [-0.1, -0.05) is 12.1 Å². The van der Waals surface area contributed by atoms with Crippen molar-refractivity contribution < 1.29 is 29.4 Å². The first-order valence-electron chi connectivity index (χ1n) is 14.7. The SMILES string of the molecule is Cl.Cl.Cl.Cl.NCCC[C@H](N)CNC(=O)CNC(=O)[C@@H]1Cc2cc(ccc2O)-c2ccc(O)c(c2)C[C@H](N)C(=O)N[C@@H](CCCN)C(=O)N1. The van der Waals surface area contributed by atoms with Crippen molar-refractivity contribution in [2.75, 3.05) is 26.2 Å². The number of fused-ring (bicyclic) bond motifs is 5. The van der Waals surface area contributed by atoms with Crippen LogP contribution in [-0.2, 0) is 32.0 Å². The third-order valence-electron chi connectivity index (χ3n) is 7.42. The van der Waals surface area contributed by atoms with Gasteiger partial charge in [-0.05, 0) is 85.3 Å². The highest BCUT2D eigenvalue weighted by molar-refractivity contribution is 5.94. The zero-order valence-electron chi connectivity index (χ0n) is 26.3. The van der Waals surface area contributed by atoms with Crippen LogP contribution in [0.2, 0.25) is 0 Å². The van der Waals surface area contributed by atoms with Gasteiger partial charge in [0.15, 0.2) is 0 Å². The zero-order chi connectivity index (χ0) is 32.2. The molecular weight excluding hydrogens is 710 g/mol. The van der Waals surface area contributed by atoms with E-state index in [0.717, 1.165) is 6.42 Å². The molecule has 0 spiro atoms. The number of nitrogens with one attached hydrogen (secondary N) is 4. The Morgan fingerprint density at radius 3 is 1.96 bits per heavy atom. The van der Waals surface area contributed by atoms with Crippen LogP contribution in [0.15, 0.2) is 36.4 Å². The Labute approximate surface area is 304 Å². The van der Waals surface area contributed by atoms with Crippen LogP contribution in [-0.4, -0.2) is 84.2 Å². The molecule has 14 nitrogen and oxygen atoms in total. The van der Waals surface area contributed by atoms with E-state index in [4.69, 9.17) is 22.9 Å². The average Bonchev–Trinajstić information content (AvgIpc) is 3.00. The van der Waals surface area contributed by atoms with Gasteiger partial charge < -0.3 is 54.4 Å². The van der Waals surface area contributed by atoms with Crippen LogP contribution in [0.5, 0.6) is 11.5 Å². The van der Waals surface area contributed by atoms with Gasteiger partial charge in [0.1, 0.15) is 23.6 Å². The maximum absolute atomic E-state index is 13.4. The quantitative estimate of drug-likeness (QED) is 0.145. The molecule has 48 heavy (non-hydrogen) atoms. The fraction of sp³-hybridized carbons (Fsp3) is 0.467. The summed E-state index contributed by atoms with van der Waals surface area (Å²) in [6.45, 7) is 0.573. The van der Waals surface area contributed by atoms with E-state index in [1.165, 1.54) is 12.1 Å². The summed E-state index contributed by atoms with van der Waals surface area (Å²) in [6.07, 6.45) is 1.78. The molecule has 1 aliphatic rings. The molecule has 0 fully saturated rings. The fourth-order valence-electron chi connectivity index (χ4n) is 4.84. The number of amides is 4. The van der Waals surface area contributed by atoms with Crippen molar-refractivity contribution in [3.8, 4) is 22.6 Å². The Hall–Kier alpha value is -3.08. The summed E-state index contributed by atoms with van der Waals surface area (Å²) < 4.78 is 0. The number of hydrogen-bond donors (Lipinski definition) is 10. The molecule has 2 aromatic carbocycles. The predicted molar refractivity (Wildman–Crippen MR) is 194 cm³/mol. The smallest absolute Gasteiger partial charge is 0.243 e. The lowest BCUT2D eigenvalue weighted by molar-refractivity contribution is -0.133. The standard InChI is InChI=1S/C30H44N8O6.4ClH/c31-9-1-3-21(33)15-35-27(41)16-36-29(43)24-14-20-12-18(6-8-26(20)40)17-5-7-25(39)19(11-17)13-22(34)28(42)37-23(4-2-10-32)30(44)38-24;;;;/h5-8,11-12,21-24,39-40H,1-4,9-10,13-16,31-34H2,(H,35,41)(H,36,43)(H,37,42)(H,38,44);4*1H/t21-,22-,23-,24-;;;;/m0..../s1. The molecule has 1 heterocycles. The number of carbonyl (C=O) groups excluding carboxylic acids is 4. The second-order valence-electron chi connectivity index (χ2n) is 11.0. The molecule has 14 N–H and O–H groups in total. The number of phenols is 2. The molecule has 4 bridgehead atoms. The third-order valence-corrected chi connectivity index (χ3v) is 7.42. The van der Waals surface area contributed by atoms with Crippen molar-refractivity contribution in [3.05, 3.63) is 47.5 Å². The highest BCUT2D eigenvalue weighted by Crippen LogP contribution is 2.30. The van der Waals surface area contributed by atoms with E-state index in [2.05, 4.69) is 21.3 Å². The topological polar surface area (TPSA) is 261 Å². The summed E-state index contributed by atoms with van der Waals surface area (Å²) in [7, 11) is 0. The monoisotopic (exact) mass is 756 g/mol. The van der Waals surface area contributed by atoms with Crippen LogP contribution in [0.4, 0.5) is 0 Å². The second kappa shape index (κ2) is 23.3. The maximum Gasteiger partial charge on any atom is 0.243 e. The van der Waals surface area contributed by atoms with Gasteiger partial charge >= 0.3 is 0 Å². The first-order valence-corrected chi connectivity index (χ1v) is 14.7. The third kappa shape index (κ3) is 14.2. The van der Waals surface area contributed by atoms with Crippen LogP contribution < -0.4 is 44.2 Å². The van der Waals surface area contributed by atoms with Crippen LogP contribution in [0, 0.1) is 0 Å². The first-order chi connectivity index (χ1) is 21.0. The molecule has 0 radical (unpaired) electrons. The maximum atomic E-state index is 13.4. The van der Waals surface area contributed by atoms with Gasteiger partial charge in [0, 0.05) is 25.4 Å². The van der Waals surface area contributed by atoms with Crippen LogP contribution >= 0.6 is 49.6 Å². The molecule has 3 rings (SSSR count). The summed E-state index contributed by atoms with van der Waals surface area (Å²) in [4.78, 5) is 52.2. The summed E-state index contributed by atoms with van der Waals surface area (Å²) in [6, 6.07) is 5.98. The number of carbonyl (C=O) groups is 4. The predicted octanol–water partition coefficient (Wildman–Crippen LogP) is -0.115. The highest BCUT2D eigenvalue weighted by atomic mass is 35.5. The van der Waals surface area contributed by atoms with Gasteiger partial charge in [0.25, 0.3) is 0 Å². The van der Waals surface area contributed by atoms with Crippen LogP contribution in [0.1, 0.15) is 36.8 Å². The minimum atomic E-state index is -1.23. The number of benzene rings is 2. The lowest BCUT2D eigenvalue weighted by Gasteiger charge is -2.24. The molecule has 272 valence electrons. The van der Waals surface area contributed by atoms with Gasteiger partial charge in [0.2, 0.25) is 23.6 Å². The van der Waals surface area contributed by atoms with Gasteiger partial charge in [0.05, 0.1) is 12.6 Å². The second-order valence-corrected chi connectivity index (χ2v) is 11.0. The molecule has 4 atom stereocenters. The Balaban J connectivity index is 0. The minimum Gasteiger partial charge on any atom is -0.508 e. The normalized spacial score (nSPS) is 17.9.